The quantitative estimate of drug-likeness (QED) is 0.131. The molecule has 0 saturated carbocycles. The lowest BCUT2D eigenvalue weighted by Crippen LogP contribution is -2.34. The highest BCUT2D eigenvalue weighted by atomic mass is 16.5. The van der Waals surface area contributed by atoms with Crippen LogP contribution in [-0.2, 0) is 14.3 Å². The number of benzene rings is 2. The van der Waals surface area contributed by atoms with E-state index < -0.39 is 5.97 Å². The highest BCUT2D eigenvalue weighted by Gasteiger charge is 2.16. The summed E-state index contributed by atoms with van der Waals surface area (Å²) in [4.78, 5) is 38.4. The first-order chi connectivity index (χ1) is 16.2. The molecule has 0 spiro atoms. The van der Waals surface area contributed by atoms with Gasteiger partial charge >= 0.3 is 11.9 Å². The number of nitrogens with one attached hydrogen (secondary N) is 1. The molecule has 0 aliphatic carbocycles. The van der Waals surface area contributed by atoms with Gasteiger partial charge in [-0.2, -0.15) is 0 Å². The number of nitrogens with zero attached hydrogens (tertiary/aromatic N) is 1. The molecule has 34 heavy (non-hydrogen) atoms. The van der Waals surface area contributed by atoms with Gasteiger partial charge in [0.05, 0.1) is 18.6 Å². The van der Waals surface area contributed by atoms with Crippen molar-refractivity contribution in [2.45, 2.75) is 20.3 Å². The number of nitrogens with two attached hydrogens (primary N) is 1. The van der Waals surface area contributed by atoms with Gasteiger partial charge in [-0.25, -0.2) is 4.79 Å². The number of esters is 2. The van der Waals surface area contributed by atoms with Gasteiger partial charge in [0.1, 0.15) is 11.6 Å². The van der Waals surface area contributed by atoms with Crippen molar-refractivity contribution < 1.29 is 23.9 Å². The van der Waals surface area contributed by atoms with Crippen molar-refractivity contribution in [3.05, 3.63) is 83.4 Å². The molecule has 0 unspecified atom stereocenters. The van der Waals surface area contributed by atoms with E-state index in [1.54, 1.807) is 74.5 Å². The normalized spacial score (nSPS) is 10.8. The Kier molecular flexibility index (Phi) is 9.76. The van der Waals surface area contributed by atoms with E-state index in [0.29, 0.717) is 35.6 Å². The molecule has 0 atom stereocenters. The Morgan fingerprint density at radius 1 is 1.06 bits per heavy atom. The molecule has 0 aromatic heterocycles. The zero-order chi connectivity index (χ0) is 25.1. The minimum absolute atomic E-state index is 0.0677. The van der Waals surface area contributed by atoms with Gasteiger partial charge in [0.2, 0.25) is 5.91 Å². The lowest BCUT2D eigenvalue weighted by atomic mass is 10.1. The predicted octanol–water partition coefficient (Wildman–Crippen LogP) is 3.56. The number of amidine groups is 1. The van der Waals surface area contributed by atoms with E-state index in [-0.39, 0.29) is 30.7 Å². The van der Waals surface area contributed by atoms with E-state index in [0.717, 1.165) is 5.56 Å². The van der Waals surface area contributed by atoms with Crippen molar-refractivity contribution >= 4 is 29.8 Å². The molecule has 2 aromatic carbocycles. The molecule has 1 amide bonds. The topological polar surface area (TPSA) is 123 Å². The summed E-state index contributed by atoms with van der Waals surface area (Å²) in [7, 11) is 0. The molecule has 0 fully saturated rings. The standard InChI is InChI=1S/C26H29N3O5/c1-4-15-29(16-14-23(30)33-5-2)25(31)18(3)17-19-6-8-21(9-7-19)26(32)34-22-12-10-20(11-13-22)24(27)28/h4,6-13,17H,1,5,14-16H2,2-3H3,(H3,27,28)/b18-17+. The van der Waals surface area contributed by atoms with Crippen molar-refractivity contribution in [1.82, 2.24) is 4.90 Å². The van der Waals surface area contributed by atoms with Gasteiger partial charge in [-0.1, -0.05) is 18.2 Å². The van der Waals surface area contributed by atoms with Crippen LogP contribution in [0.3, 0.4) is 0 Å². The van der Waals surface area contributed by atoms with Crippen LogP contribution in [0, 0.1) is 5.41 Å². The van der Waals surface area contributed by atoms with E-state index in [4.69, 9.17) is 20.6 Å². The largest absolute Gasteiger partial charge is 0.466 e. The van der Waals surface area contributed by atoms with E-state index in [1.165, 1.54) is 4.90 Å². The molecule has 2 aromatic rings. The zero-order valence-electron chi connectivity index (χ0n) is 19.4. The second kappa shape index (κ2) is 12.7. The van der Waals surface area contributed by atoms with Crippen molar-refractivity contribution in [2.24, 2.45) is 5.73 Å². The smallest absolute Gasteiger partial charge is 0.343 e. The Labute approximate surface area is 199 Å². The Morgan fingerprint density at radius 3 is 2.24 bits per heavy atom. The summed E-state index contributed by atoms with van der Waals surface area (Å²) < 4.78 is 10.3. The van der Waals surface area contributed by atoms with Crippen molar-refractivity contribution in [2.75, 3.05) is 19.7 Å². The fraction of sp³-hybridized carbons (Fsp3) is 0.231. The first kappa shape index (κ1) is 26.1. The van der Waals surface area contributed by atoms with E-state index in [1.807, 2.05) is 0 Å². The second-order valence-electron chi connectivity index (χ2n) is 7.37. The summed E-state index contributed by atoms with van der Waals surface area (Å²) in [6, 6.07) is 13.0. The fourth-order valence-corrected chi connectivity index (χ4v) is 3.04. The third-order valence-corrected chi connectivity index (χ3v) is 4.77. The van der Waals surface area contributed by atoms with Gasteiger partial charge in [0.15, 0.2) is 0 Å². The summed E-state index contributed by atoms with van der Waals surface area (Å²) in [5.41, 5.74) is 7.51. The molecule has 8 nitrogen and oxygen atoms in total. The van der Waals surface area contributed by atoms with Gasteiger partial charge in [-0.3, -0.25) is 15.0 Å². The van der Waals surface area contributed by atoms with Crippen LogP contribution in [0.25, 0.3) is 6.08 Å². The summed E-state index contributed by atoms with van der Waals surface area (Å²) in [6.07, 6.45) is 3.41. The van der Waals surface area contributed by atoms with Crippen molar-refractivity contribution in [1.29, 1.82) is 5.41 Å². The molecular weight excluding hydrogens is 434 g/mol. The third-order valence-electron chi connectivity index (χ3n) is 4.77. The number of ether oxygens (including phenoxy) is 2. The number of carbonyl (C=O) groups excluding carboxylic acids is 3. The Balaban J connectivity index is 2.03. The first-order valence-corrected chi connectivity index (χ1v) is 10.8. The minimum Gasteiger partial charge on any atom is -0.466 e. The second-order valence-corrected chi connectivity index (χ2v) is 7.37. The van der Waals surface area contributed by atoms with E-state index in [9.17, 15) is 14.4 Å². The molecule has 3 N–H and O–H groups in total. The highest BCUT2D eigenvalue weighted by molar-refractivity contribution is 5.98. The molecule has 2 rings (SSSR count). The van der Waals surface area contributed by atoms with Crippen LogP contribution in [0.5, 0.6) is 5.75 Å². The van der Waals surface area contributed by atoms with Crippen LogP contribution in [0.4, 0.5) is 0 Å². The number of carbonyl (C=O) groups is 3. The van der Waals surface area contributed by atoms with Crippen molar-refractivity contribution in [3.8, 4) is 5.75 Å². The highest BCUT2D eigenvalue weighted by Crippen LogP contribution is 2.16. The van der Waals surface area contributed by atoms with Gasteiger partial charge < -0.3 is 20.1 Å². The maximum atomic E-state index is 12.8. The maximum absolute atomic E-state index is 12.8. The predicted molar refractivity (Wildman–Crippen MR) is 131 cm³/mol. The minimum atomic E-state index is -0.532. The summed E-state index contributed by atoms with van der Waals surface area (Å²) in [5, 5.41) is 7.39. The molecule has 0 aliphatic rings. The van der Waals surface area contributed by atoms with E-state index >= 15 is 0 Å². The van der Waals surface area contributed by atoms with Crippen LogP contribution in [0.15, 0.2) is 66.8 Å². The number of hydrogen-bond donors (Lipinski definition) is 2. The van der Waals surface area contributed by atoms with E-state index in [2.05, 4.69) is 6.58 Å². The van der Waals surface area contributed by atoms with Crippen LogP contribution >= 0.6 is 0 Å². The average molecular weight is 464 g/mol. The van der Waals surface area contributed by atoms with Gasteiger partial charge in [0, 0.05) is 24.2 Å². The summed E-state index contributed by atoms with van der Waals surface area (Å²) in [5.74, 6) is -0.840. The molecule has 0 radical (unpaired) electrons. The number of rotatable bonds is 11. The molecule has 0 bridgehead atoms. The molecule has 0 heterocycles. The van der Waals surface area contributed by atoms with Crippen LogP contribution in [0.2, 0.25) is 0 Å². The lowest BCUT2D eigenvalue weighted by molar-refractivity contribution is -0.143. The molecule has 0 aliphatic heterocycles. The summed E-state index contributed by atoms with van der Waals surface area (Å²) in [6.45, 7) is 7.92. The van der Waals surface area contributed by atoms with Crippen molar-refractivity contribution in [3.63, 3.8) is 0 Å². The molecular formula is C26H29N3O5. The van der Waals surface area contributed by atoms with Crippen LogP contribution in [0.1, 0.15) is 41.8 Å². The Bertz CT molecular complexity index is 1070. The van der Waals surface area contributed by atoms with Gasteiger partial charge in [0.25, 0.3) is 0 Å². The molecule has 0 saturated heterocycles. The fourth-order valence-electron chi connectivity index (χ4n) is 3.04. The van der Waals surface area contributed by atoms with Gasteiger partial charge in [-0.05, 0) is 61.9 Å². The van der Waals surface area contributed by atoms with Gasteiger partial charge in [-0.15, -0.1) is 6.58 Å². The SMILES string of the molecule is C=CCN(CCC(=O)OCC)C(=O)/C(C)=C/c1ccc(C(=O)Oc2ccc(C(=N)N)cc2)cc1. The summed E-state index contributed by atoms with van der Waals surface area (Å²) >= 11 is 0. The number of hydrogen-bond acceptors (Lipinski definition) is 6. The lowest BCUT2D eigenvalue weighted by Gasteiger charge is -2.21. The van der Waals surface area contributed by atoms with Crippen LogP contribution in [-0.4, -0.2) is 48.3 Å². The molecule has 8 heteroatoms. The third kappa shape index (κ3) is 7.74. The van der Waals surface area contributed by atoms with Crippen LogP contribution < -0.4 is 10.5 Å². The zero-order valence-corrected chi connectivity index (χ0v) is 19.4. The number of nitrogen functional groups attached to an aromatic ring is 1. The maximum Gasteiger partial charge on any atom is 0.343 e. The monoisotopic (exact) mass is 463 g/mol. The Hall–Kier alpha value is -4.20. The first-order valence-electron chi connectivity index (χ1n) is 10.8. The average Bonchev–Trinajstić information content (AvgIpc) is 2.82. The number of amides is 1. The Morgan fingerprint density at radius 2 is 1.68 bits per heavy atom. The molecule has 178 valence electrons.